The Bertz CT molecular complexity index is 2750. The molecule has 0 aliphatic heterocycles. The third kappa shape index (κ3) is 5.69. The molecule has 0 saturated carbocycles. The number of nitrogens with zero attached hydrogens (tertiary/aromatic N) is 5. The second kappa shape index (κ2) is 12.7. The molecule has 0 saturated heterocycles. The summed E-state index contributed by atoms with van der Waals surface area (Å²) in [4.78, 5) is 19.2. The summed E-state index contributed by atoms with van der Waals surface area (Å²) >= 11 is 0. The largest absolute Gasteiger partial charge is 0.456 e. The van der Waals surface area contributed by atoms with Gasteiger partial charge >= 0.3 is 0 Å². The predicted octanol–water partition coefficient (Wildman–Crippen LogP) is 11.0. The van der Waals surface area contributed by atoms with Crippen molar-refractivity contribution in [1.29, 1.82) is 5.26 Å². The number of hydrogen-bond acceptors (Lipinski definition) is 6. The van der Waals surface area contributed by atoms with Crippen LogP contribution >= 0.6 is 0 Å². The smallest absolute Gasteiger partial charge is 0.164 e. The molecular formula is C45H27N5O. The SMILES string of the molecule is N#Cc1cccc(-c2cccc(-c3nc(-c4ccccc4)nc(-c4ccc5c(c4)oc4cccc(-c6ccc(-c7cccnc7)cc6)c45)n3)c2)c1. The van der Waals surface area contributed by atoms with Gasteiger partial charge in [0.15, 0.2) is 17.5 Å². The van der Waals surface area contributed by atoms with Crippen LogP contribution in [0.5, 0.6) is 0 Å². The summed E-state index contributed by atoms with van der Waals surface area (Å²) in [7, 11) is 0. The molecular weight excluding hydrogens is 627 g/mol. The first-order valence-corrected chi connectivity index (χ1v) is 16.6. The highest BCUT2D eigenvalue weighted by Gasteiger charge is 2.17. The molecule has 0 amide bonds. The first kappa shape index (κ1) is 29.9. The van der Waals surface area contributed by atoms with Crippen molar-refractivity contribution in [2.24, 2.45) is 0 Å². The van der Waals surface area contributed by atoms with Gasteiger partial charge in [-0.25, -0.2) is 15.0 Å². The summed E-state index contributed by atoms with van der Waals surface area (Å²) in [5, 5.41) is 11.5. The standard InChI is InChI=1S/C45H27N5O/c46-27-29-8-4-11-33(24-29)34-12-5-13-35(25-34)44-48-43(32-9-2-1-3-10-32)49-45(50-44)36-21-22-39-41(26-36)51-40-16-6-15-38(42(39)40)31-19-17-30(18-20-31)37-14-7-23-47-28-37/h1-26,28H. The summed E-state index contributed by atoms with van der Waals surface area (Å²) < 4.78 is 6.48. The summed E-state index contributed by atoms with van der Waals surface area (Å²) in [5.74, 6) is 1.68. The maximum Gasteiger partial charge on any atom is 0.164 e. The van der Waals surface area contributed by atoms with Crippen molar-refractivity contribution >= 4 is 21.9 Å². The number of rotatable bonds is 6. The highest BCUT2D eigenvalue weighted by molar-refractivity contribution is 6.13. The summed E-state index contributed by atoms with van der Waals surface area (Å²) in [6, 6.07) is 52.7. The lowest BCUT2D eigenvalue weighted by Gasteiger charge is -2.10. The van der Waals surface area contributed by atoms with E-state index in [9.17, 15) is 5.26 Å². The zero-order valence-corrected chi connectivity index (χ0v) is 27.2. The summed E-state index contributed by atoms with van der Waals surface area (Å²) in [6.45, 7) is 0. The topological polar surface area (TPSA) is 88.5 Å². The highest BCUT2D eigenvalue weighted by Crippen LogP contribution is 2.39. The number of fused-ring (bicyclic) bond motifs is 3. The minimum Gasteiger partial charge on any atom is -0.456 e. The van der Waals surface area contributed by atoms with Gasteiger partial charge in [-0.2, -0.15) is 5.26 Å². The number of pyridine rings is 1. The Balaban J connectivity index is 1.14. The number of nitriles is 1. The number of aromatic nitrogens is 4. The predicted molar refractivity (Wildman–Crippen MR) is 202 cm³/mol. The molecule has 0 unspecified atom stereocenters. The van der Waals surface area contributed by atoms with Gasteiger partial charge in [0, 0.05) is 39.9 Å². The van der Waals surface area contributed by atoms with Gasteiger partial charge in [0.05, 0.1) is 11.6 Å². The van der Waals surface area contributed by atoms with E-state index in [0.29, 0.717) is 23.0 Å². The van der Waals surface area contributed by atoms with Crippen molar-refractivity contribution in [3.05, 3.63) is 170 Å². The van der Waals surface area contributed by atoms with Crippen LogP contribution in [0.1, 0.15) is 5.56 Å². The van der Waals surface area contributed by atoms with Crippen LogP contribution < -0.4 is 0 Å². The van der Waals surface area contributed by atoms with Gasteiger partial charge in [-0.1, -0.05) is 109 Å². The van der Waals surface area contributed by atoms with E-state index in [-0.39, 0.29) is 0 Å². The van der Waals surface area contributed by atoms with Crippen LogP contribution in [0.15, 0.2) is 168 Å². The van der Waals surface area contributed by atoms with Crippen molar-refractivity contribution in [3.8, 4) is 73.6 Å². The van der Waals surface area contributed by atoms with E-state index in [1.807, 2.05) is 97.2 Å². The Morgan fingerprint density at radius 1 is 0.451 bits per heavy atom. The number of benzene rings is 6. The third-order valence-electron chi connectivity index (χ3n) is 9.06. The normalized spacial score (nSPS) is 11.1. The van der Waals surface area contributed by atoms with Crippen molar-refractivity contribution < 1.29 is 4.42 Å². The molecule has 0 bridgehead atoms. The lowest BCUT2D eigenvalue weighted by molar-refractivity contribution is 0.669. The maximum atomic E-state index is 9.45. The minimum absolute atomic E-state index is 0.546. The van der Waals surface area contributed by atoms with Crippen molar-refractivity contribution in [3.63, 3.8) is 0 Å². The van der Waals surface area contributed by atoms with Crippen LogP contribution in [0.3, 0.4) is 0 Å². The number of furan rings is 1. The lowest BCUT2D eigenvalue weighted by Crippen LogP contribution is -2.00. The average Bonchev–Trinajstić information content (AvgIpc) is 3.60. The van der Waals surface area contributed by atoms with E-state index >= 15 is 0 Å². The molecule has 6 nitrogen and oxygen atoms in total. The van der Waals surface area contributed by atoms with Gasteiger partial charge in [0.1, 0.15) is 11.2 Å². The minimum atomic E-state index is 0.546. The molecule has 0 aliphatic rings. The number of hydrogen-bond donors (Lipinski definition) is 0. The van der Waals surface area contributed by atoms with Crippen LogP contribution in [0.25, 0.3) is 89.5 Å². The molecule has 51 heavy (non-hydrogen) atoms. The van der Waals surface area contributed by atoms with Crippen LogP contribution in [-0.4, -0.2) is 19.9 Å². The van der Waals surface area contributed by atoms with Crippen molar-refractivity contribution in [1.82, 2.24) is 19.9 Å². The second-order valence-electron chi connectivity index (χ2n) is 12.3. The first-order valence-electron chi connectivity index (χ1n) is 16.6. The molecule has 3 aromatic heterocycles. The van der Waals surface area contributed by atoms with Crippen LogP contribution in [-0.2, 0) is 0 Å². The third-order valence-corrected chi connectivity index (χ3v) is 9.06. The van der Waals surface area contributed by atoms with Crippen molar-refractivity contribution in [2.45, 2.75) is 0 Å². The molecule has 0 atom stereocenters. The van der Waals surface area contributed by atoms with Gasteiger partial charge in [-0.15, -0.1) is 0 Å². The van der Waals surface area contributed by atoms with E-state index < -0.39 is 0 Å². The van der Waals surface area contributed by atoms with Crippen LogP contribution in [0.4, 0.5) is 0 Å². The van der Waals surface area contributed by atoms with Gasteiger partial charge in [-0.05, 0) is 75.8 Å². The molecule has 3 heterocycles. The molecule has 9 aromatic rings. The molecule has 0 N–H and O–H groups in total. The zero-order valence-electron chi connectivity index (χ0n) is 27.2. The van der Waals surface area contributed by atoms with Gasteiger partial charge < -0.3 is 4.42 Å². The van der Waals surface area contributed by atoms with E-state index in [2.05, 4.69) is 65.7 Å². The van der Waals surface area contributed by atoms with Gasteiger partial charge in [0.25, 0.3) is 0 Å². The lowest BCUT2D eigenvalue weighted by atomic mass is 9.97. The quantitative estimate of drug-likeness (QED) is 0.177. The average molecular weight is 654 g/mol. The molecule has 9 rings (SSSR count). The maximum absolute atomic E-state index is 9.45. The first-order chi connectivity index (χ1) is 25.2. The monoisotopic (exact) mass is 653 g/mol. The molecule has 238 valence electrons. The van der Waals surface area contributed by atoms with Gasteiger partial charge in [-0.3, -0.25) is 4.98 Å². The van der Waals surface area contributed by atoms with Crippen LogP contribution in [0, 0.1) is 11.3 Å². The van der Waals surface area contributed by atoms with Crippen molar-refractivity contribution in [2.75, 3.05) is 0 Å². The highest BCUT2D eigenvalue weighted by atomic mass is 16.3. The molecule has 6 aromatic carbocycles. The Morgan fingerprint density at radius 2 is 1.08 bits per heavy atom. The molecule has 0 radical (unpaired) electrons. The fourth-order valence-electron chi connectivity index (χ4n) is 6.54. The molecule has 6 heteroatoms. The Kier molecular flexibility index (Phi) is 7.42. The Labute approximate surface area is 294 Å². The zero-order chi connectivity index (χ0) is 34.1. The van der Waals surface area contributed by atoms with E-state index in [4.69, 9.17) is 19.4 Å². The summed E-state index contributed by atoms with van der Waals surface area (Å²) in [6.07, 6.45) is 3.66. The van der Waals surface area contributed by atoms with Crippen LogP contribution in [0.2, 0.25) is 0 Å². The molecule has 0 aliphatic carbocycles. The van der Waals surface area contributed by atoms with E-state index in [0.717, 1.165) is 72.0 Å². The molecule has 0 fully saturated rings. The Morgan fingerprint density at radius 3 is 1.84 bits per heavy atom. The fraction of sp³-hybridized carbons (Fsp3) is 0. The second-order valence-corrected chi connectivity index (χ2v) is 12.3. The molecule has 0 spiro atoms. The van der Waals surface area contributed by atoms with Gasteiger partial charge in [0.2, 0.25) is 0 Å². The fourth-order valence-corrected chi connectivity index (χ4v) is 6.54. The Hall–Kier alpha value is -7.23. The van der Waals surface area contributed by atoms with E-state index in [1.54, 1.807) is 12.3 Å². The van der Waals surface area contributed by atoms with E-state index in [1.165, 1.54) is 0 Å². The summed E-state index contributed by atoms with van der Waals surface area (Å²) in [5.41, 5.74) is 11.1.